The SMILES string of the molecule is CC(C)n1cc([N+](=O)[O-])cc1C(=O)NCc1cn[nH]c1N. The summed E-state index contributed by atoms with van der Waals surface area (Å²) < 4.78 is 1.56. The summed E-state index contributed by atoms with van der Waals surface area (Å²) in [4.78, 5) is 22.5. The van der Waals surface area contributed by atoms with E-state index in [1.54, 1.807) is 4.57 Å². The molecule has 0 radical (unpaired) electrons. The topological polar surface area (TPSA) is 132 Å². The van der Waals surface area contributed by atoms with Gasteiger partial charge >= 0.3 is 0 Å². The molecule has 4 N–H and O–H groups in total. The minimum Gasteiger partial charge on any atom is -0.384 e. The number of nitrogens with one attached hydrogen (secondary N) is 2. The summed E-state index contributed by atoms with van der Waals surface area (Å²) in [7, 11) is 0. The third-order valence-corrected chi connectivity index (χ3v) is 3.02. The van der Waals surface area contributed by atoms with Gasteiger partial charge in [0.1, 0.15) is 11.5 Å². The average molecular weight is 292 g/mol. The van der Waals surface area contributed by atoms with E-state index >= 15 is 0 Å². The molecule has 21 heavy (non-hydrogen) atoms. The maximum Gasteiger partial charge on any atom is 0.287 e. The fraction of sp³-hybridized carbons (Fsp3) is 0.333. The molecule has 0 bridgehead atoms. The van der Waals surface area contributed by atoms with Gasteiger partial charge in [0.2, 0.25) is 0 Å². The molecule has 2 rings (SSSR count). The third-order valence-electron chi connectivity index (χ3n) is 3.02. The van der Waals surface area contributed by atoms with Crippen LogP contribution < -0.4 is 11.1 Å². The van der Waals surface area contributed by atoms with Gasteiger partial charge in [0.15, 0.2) is 0 Å². The molecule has 1 amide bonds. The summed E-state index contributed by atoms with van der Waals surface area (Å²) in [6, 6.07) is 1.19. The Balaban J connectivity index is 2.18. The van der Waals surface area contributed by atoms with Crippen LogP contribution in [-0.4, -0.2) is 25.6 Å². The van der Waals surface area contributed by atoms with Crippen molar-refractivity contribution in [2.75, 3.05) is 5.73 Å². The first-order valence-electron chi connectivity index (χ1n) is 6.32. The predicted octanol–water partition coefficient (Wildman–Crippen LogP) is 1.21. The largest absolute Gasteiger partial charge is 0.384 e. The molecule has 112 valence electrons. The fourth-order valence-corrected chi connectivity index (χ4v) is 1.90. The zero-order chi connectivity index (χ0) is 15.6. The highest BCUT2D eigenvalue weighted by atomic mass is 16.6. The number of carbonyl (C=O) groups is 1. The van der Waals surface area contributed by atoms with Crippen LogP contribution in [0.2, 0.25) is 0 Å². The molecule has 9 heteroatoms. The Kier molecular flexibility index (Phi) is 3.92. The molecule has 0 atom stereocenters. The van der Waals surface area contributed by atoms with E-state index in [9.17, 15) is 14.9 Å². The number of carbonyl (C=O) groups excluding carboxylic acids is 1. The maximum atomic E-state index is 12.2. The second-order valence-electron chi connectivity index (χ2n) is 4.83. The Morgan fingerprint density at radius 3 is 2.86 bits per heavy atom. The van der Waals surface area contributed by atoms with Gasteiger partial charge in [0.25, 0.3) is 11.6 Å². The van der Waals surface area contributed by atoms with E-state index in [4.69, 9.17) is 5.73 Å². The highest BCUT2D eigenvalue weighted by Crippen LogP contribution is 2.20. The molecular formula is C12H16N6O3. The second kappa shape index (κ2) is 5.65. The number of nitrogens with zero attached hydrogens (tertiary/aromatic N) is 3. The van der Waals surface area contributed by atoms with Crippen LogP contribution in [0, 0.1) is 10.1 Å². The summed E-state index contributed by atoms with van der Waals surface area (Å²) in [6.07, 6.45) is 2.87. The van der Waals surface area contributed by atoms with Gasteiger partial charge in [-0.15, -0.1) is 0 Å². The summed E-state index contributed by atoms with van der Waals surface area (Å²) in [5.74, 6) is -0.0297. The van der Waals surface area contributed by atoms with Crippen molar-refractivity contribution in [1.82, 2.24) is 20.1 Å². The molecule has 0 fully saturated rings. The number of amides is 1. The molecule has 2 aromatic rings. The smallest absolute Gasteiger partial charge is 0.287 e. The standard InChI is InChI=1S/C12H16N6O3/c1-7(2)17-6-9(18(20)21)3-10(17)12(19)14-4-8-5-15-16-11(8)13/h3,5-7H,4H2,1-2H3,(H,14,19)(H3,13,15,16). The number of anilines is 1. The van der Waals surface area contributed by atoms with E-state index in [0.29, 0.717) is 11.4 Å². The van der Waals surface area contributed by atoms with E-state index in [-0.39, 0.29) is 24.0 Å². The Hall–Kier alpha value is -2.84. The Labute approximate surface area is 120 Å². The lowest BCUT2D eigenvalue weighted by Crippen LogP contribution is -2.26. The Morgan fingerprint density at radius 1 is 1.62 bits per heavy atom. The number of nitro groups is 1. The maximum absolute atomic E-state index is 12.2. The van der Waals surface area contributed by atoms with Crippen molar-refractivity contribution in [2.45, 2.75) is 26.4 Å². The number of nitrogens with two attached hydrogens (primary N) is 1. The van der Waals surface area contributed by atoms with Gasteiger partial charge in [-0.1, -0.05) is 0 Å². The fourth-order valence-electron chi connectivity index (χ4n) is 1.90. The number of nitrogen functional groups attached to an aromatic ring is 1. The quantitative estimate of drug-likeness (QED) is 0.563. The summed E-state index contributed by atoms with van der Waals surface area (Å²) in [5.41, 5.74) is 6.40. The lowest BCUT2D eigenvalue weighted by molar-refractivity contribution is -0.384. The summed E-state index contributed by atoms with van der Waals surface area (Å²) in [6.45, 7) is 3.88. The van der Waals surface area contributed by atoms with E-state index in [1.165, 1.54) is 18.5 Å². The van der Waals surface area contributed by atoms with Crippen molar-refractivity contribution in [2.24, 2.45) is 0 Å². The molecule has 0 aliphatic rings. The number of hydrogen-bond acceptors (Lipinski definition) is 5. The van der Waals surface area contributed by atoms with Crippen molar-refractivity contribution in [3.63, 3.8) is 0 Å². The van der Waals surface area contributed by atoms with E-state index in [2.05, 4.69) is 15.5 Å². The van der Waals surface area contributed by atoms with Crippen molar-refractivity contribution in [3.05, 3.63) is 39.8 Å². The number of aromatic amines is 1. The first-order chi connectivity index (χ1) is 9.90. The van der Waals surface area contributed by atoms with Crippen LogP contribution in [0.5, 0.6) is 0 Å². The van der Waals surface area contributed by atoms with Crippen molar-refractivity contribution < 1.29 is 9.72 Å². The van der Waals surface area contributed by atoms with Crippen molar-refractivity contribution in [1.29, 1.82) is 0 Å². The molecule has 0 aromatic carbocycles. The van der Waals surface area contributed by atoms with Crippen LogP contribution >= 0.6 is 0 Å². The van der Waals surface area contributed by atoms with Crippen LogP contribution in [0.4, 0.5) is 11.5 Å². The Morgan fingerprint density at radius 2 is 2.33 bits per heavy atom. The second-order valence-corrected chi connectivity index (χ2v) is 4.83. The van der Waals surface area contributed by atoms with Crippen LogP contribution in [-0.2, 0) is 6.54 Å². The molecule has 0 unspecified atom stereocenters. The van der Waals surface area contributed by atoms with Crippen molar-refractivity contribution >= 4 is 17.4 Å². The number of aromatic nitrogens is 3. The van der Waals surface area contributed by atoms with Gasteiger partial charge in [0, 0.05) is 24.2 Å². The van der Waals surface area contributed by atoms with E-state index in [1.807, 2.05) is 13.8 Å². The number of hydrogen-bond donors (Lipinski definition) is 3. The molecule has 0 saturated heterocycles. The molecule has 0 saturated carbocycles. The third kappa shape index (κ3) is 3.02. The van der Waals surface area contributed by atoms with Gasteiger partial charge in [-0.05, 0) is 13.8 Å². The van der Waals surface area contributed by atoms with Gasteiger partial charge in [0.05, 0.1) is 17.3 Å². The molecule has 2 heterocycles. The molecule has 9 nitrogen and oxygen atoms in total. The van der Waals surface area contributed by atoms with Gasteiger partial charge < -0.3 is 15.6 Å². The predicted molar refractivity (Wildman–Crippen MR) is 75.6 cm³/mol. The van der Waals surface area contributed by atoms with E-state index in [0.717, 1.165) is 0 Å². The van der Waals surface area contributed by atoms with Crippen LogP contribution in [0.15, 0.2) is 18.5 Å². The molecule has 0 spiro atoms. The Bertz CT molecular complexity index is 672. The minimum atomic E-state index is -0.524. The zero-order valence-corrected chi connectivity index (χ0v) is 11.7. The van der Waals surface area contributed by atoms with Crippen LogP contribution in [0.1, 0.15) is 35.9 Å². The first kappa shape index (κ1) is 14.6. The highest BCUT2D eigenvalue weighted by molar-refractivity contribution is 5.93. The van der Waals surface area contributed by atoms with Gasteiger partial charge in [-0.25, -0.2) is 0 Å². The van der Waals surface area contributed by atoms with Crippen molar-refractivity contribution in [3.8, 4) is 0 Å². The molecule has 2 aromatic heterocycles. The zero-order valence-electron chi connectivity index (χ0n) is 11.7. The van der Waals surface area contributed by atoms with Gasteiger partial charge in [-0.2, -0.15) is 5.10 Å². The molecular weight excluding hydrogens is 276 g/mol. The lowest BCUT2D eigenvalue weighted by Gasteiger charge is -2.11. The normalized spacial score (nSPS) is 10.8. The summed E-state index contributed by atoms with van der Waals surface area (Å²) in [5, 5.41) is 19.8. The number of rotatable bonds is 5. The lowest BCUT2D eigenvalue weighted by atomic mass is 10.3. The molecule has 0 aliphatic heterocycles. The first-order valence-corrected chi connectivity index (χ1v) is 6.32. The minimum absolute atomic E-state index is 0.0709. The number of H-pyrrole nitrogens is 1. The highest BCUT2D eigenvalue weighted by Gasteiger charge is 2.20. The monoisotopic (exact) mass is 292 g/mol. The summed E-state index contributed by atoms with van der Waals surface area (Å²) >= 11 is 0. The van der Waals surface area contributed by atoms with Crippen LogP contribution in [0.25, 0.3) is 0 Å². The molecule has 0 aliphatic carbocycles. The van der Waals surface area contributed by atoms with E-state index < -0.39 is 10.8 Å². The van der Waals surface area contributed by atoms with Crippen LogP contribution in [0.3, 0.4) is 0 Å². The average Bonchev–Trinajstić information content (AvgIpc) is 3.02. The van der Waals surface area contributed by atoms with Gasteiger partial charge in [-0.3, -0.25) is 20.0 Å².